The number of aryl methyl sites for hydroxylation is 1. The van der Waals surface area contributed by atoms with Crippen LogP contribution in [-0.4, -0.2) is 24.6 Å². The van der Waals surface area contributed by atoms with Crippen molar-refractivity contribution in [1.29, 1.82) is 0 Å². The Labute approximate surface area is 150 Å². The SMILES string of the molecule is COc1ccccc1OCC(=O)Nc1cccc(-c2csc(C)n2)c1. The molecule has 1 heterocycles. The van der Waals surface area contributed by atoms with E-state index in [4.69, 9.17) is 9.47 Å². The van der Waals surface area contributed by atoms with Crippen LogP contribution in [-0.2, 0) is 4.79 Å². The number of para-hydroxylation sites is 2. The van der Waals surface area contributed by atoms with E-state index in [2.05, 4.69) is 10.3 Å². The first kappa shape index (κ1) is 17.0. The molecule has 1 amide bonds. The molecule has 5 nitrogen and oxygen atoms in total. The highest BCUT2D eigenvalue weighted by atomic mass is 32.1. The average Bonchev–Trinajstić information content (AvgIpc) is 3.07. The highest BCUT2D eigenvalue weighted by Gasteiger charge is 2.08. The van der Waals surface area contributed by atoms with Crippen molar-refractivity contribution in [2.45, 2.75) is 6.92 Å². The molecular formula is C19H18N2O3S. The fraction of sp³-hybridized carbons (Fsp3) is 0.158. The summed E-state index contributed by atoms with van der Waals surface area (Å²) in [6.45, 7) is 1.87. The summed E-state index contributed by atoms with van der Waals surface area (Å²) < 4.78 is 10.7. The summed E-state index contributed by atoms with van der Waals surface area (Å²) in [5, 5.41) is 5.85. The van der Waals surface area contributed by atoms with E-state index < -0.39 is 0 Å². The minimum atomic E-state index is -0.238. The lowest BCUT2D eigenvalue weighted by Crippen LogP contribution is -2.20. The number of amides is 1. The van der Waals surface area contributed by atoms with Crippen molar-refractivity contribution in [3.8, 4) is 22.8 Å². The number of carbonyl (C=O) groups excluding carboxylic acids is 1. The van der Waals surface area contributed by atoms with Crippen molar-refractivity contribution in [3.05, 3.63) is 58.9 Å². The summed E-state index contributed by atoms with van der Waals surface area (Å²) in [6, 6.07) is 14.8. The fourth-order valence-electron chi connectivity index (χ4n) is 2.33. The van der Waals surface area contributed by atoms with Gasteiger partial charge in [-0.05, 0) is 31.2 Å². The molecule has 0 unspecified atom stereocenters. The van der Waals surface area contributed by atoms with Gasteiger partial charge in [-0.1, -0.05) is 24.3 Å². The van der Waals surface area contributed by atoms with Crippen LogP contribution < -0.4 is 14.8 Å². The van der Waals surface area contributed by atoms with Gasteiger partial charge < -0.3 is 14.8 Å². The van der Waals surface area contributed by atoms with Gasteiger partial charge in [-0.25, -0.2) is 4.98 Å². The second-order valence-corrected chi connectivity index (χ2v) is 6.38. The Balaban J connectivity index is 1.63. The number of aromatic nitrogens is 1. The molecule has 0 aliphatic carbocycles. The zero-order valence-electron chi connectivity index (χ0n) is 14.0. The van der Waals surface area contributed by atoms with E-state index in [0.717, 1.165) is 16.3 Å². The second kappa shape index (κ2) is 7.81. The van der Waals surface area contributed by atoms with Crippen LogP contribution in [0.2, 0.25) is 0 Å². The number of thiazole rings is 1. The molecule has 0 saturated carbocycles. The molecule has 0 bridgehead atoms. The zero-order valence-corrected chi connectivity index (χ0v) is 14.8. The first-order valence-corrected chi connectivity index (χ1v) is 8.62. The van der Waals surface area contributed by atoms with Gasteiger partial charge in [-0.3, -0.25) is 4.79 Å². The number of nitrogens with zero attached hydrogens (tertiary/aromatic N) is 1. The van der Waals surface area contributed by atoms with E-state index in [-0.39, 0.29) is 12.5 Å². The third-order valence-electron chi connectivity index (χ3n) is 3.49. The van der Waals surface area contributed by atoms with Crippen LogP contribution in [0.1, 0.15) is 5.01 Å². The number of hydrogen-bond donors (Lipinski definition) is 1. The van der Waals surface area contributed by atoms with Gasteiger partial charge in [0.05, 0.1) is 17.8 Å². The first-order valence-electron chi connectivity index (χ1n) is 7.74. The van der Waals surface area contributed by atoms with E-state index in [1.165, 1.54) is 0 Å². The molecule has 6 heteroatoms. The molecule has 0 spiro atoms. The average molecular weight is 354 g/mol. The number of ether oxygens (including phenoxy) is 2. The molecule has 0 aliphatic heterocycles. The van der Waals surface area contributed by atoms with Crippen molar-refractivity contribution in [2.24, 2.45) is 0 Å². The van der Waals surface area contributed by atoms with Crippen LogP contribution in [0.15, 0.2) is 53.9 Å². The van der Waals surface area contributed by atoms with Crippen LogP contribution in [0.25, 0.3) is 11.3 Å². The molecule has 1 aromatic heterocycles. The molecule has 0 atom stereocenters. The largest absolute Gasteiger partial charge is 0.493 e. The Morgan fingerprint density at radius 1 is 1.16 bits per heavy atom. The number of anilines is 1. The van der Waals surface area contributed by atoms with Crippen molar-refractivity contribution in [1.82, 2.24) is 4.98 Å². The van der Waals surface area contributed by atoms with Crippen LogP contribution in [0.4, 0.5) is 5.69 Å². The zero-order chi connectivity index (χ0) is 17.6. The third-order valence-corrected chi connectivity index (χ3v) is 4.26. The van der Waals surface area contributed by atoms with Gasteiger partial charge in [-0.15, -0.1) is 11.3 Å². The predicted molar refractivity (Wildman–Crippen MR) is 99.4 cm³/mol. The van der Waals surface area contributed by atoms with E-state index >= 15 is 0 Å². The van der Waals surface area contributed by atoms with E-state index in [1.807, 2.05) is 48.7 Å². The maximum Gasteiger partial charge on any atom is 0.262 e. The fourth-order valence-corrected chi connectivity index (χ4v) is 2.95. The molecule has 2 aromatic carbocycles. The molecule has 1 N–H and O–H groups in total. The Morgan fingerprint density at radius 2 is 1.96 bits per heavy atom. The summed E-state index contributed by atoms with van der Waals surface area (Å²) in [5.74, 6) is 0.889. The summed E-state index contributed by atoms with van der Waals surface area (Å²) in [6.07, 6.45) is 0. The molecule has 0 fully saturated rings. The standard InChI is InChI=1S/C19H18N2O3S/c1-13-20-16(12-25-13)14-6-5-7-15(10-14)21-19(22)11-24-18-9-4-3-8-17(18)23-2/h3-10,12H,11H2,1-2H3,(H,21,22). The Hall–Kier alpha value is -2.86. The van der Waals surface area contributed by atoms with Crippen molar-refractivity contribution in [2.75, 3.05) is 19.0 Å². The third kappa shape index (κ3) is 4.36. The summed E-state index contributed by atoms with van der Waals surface area (Å²) in [7, 11) is 1.56. The van der Waals surface area contributed by atoms with Gasteiger partial charge in [0.1, 0.15) is 0 Å². The Morgan fingerprint density at radius 3 is 2.68 bits per heavy atom. The first-order chi connectivity index (χ1) is 12.2. The van der Waals surface area contributed by atoms with Gasteiger partial charge in [0.25, 0.3) is 5.91 Å². The van der Waals surface area contributed by atoms with Crippen LogP contribution in [0.5, 0.6) is 11.5 Å². The molecule has 25 heavy (non-hydrogen) atoms. The van der Waals surface area contributed by atoms with Crippen molar-refractivity contribution < 1.29 is 14.3 Å². The maximum absolute atomic E-state index is 12.1. The van der Waals surface area contributed by atoms with E-state index in [9.17, 15) is 4.79 Å². The van der Waals surface area contributed by atoms with Gasteiger partial charge in [-0.2, -0.15) is 0 Å². The van der Waals surface area contributed by atoms with Crippen molar-refractivity contribution >= 4 is 22.9 Å². The second-order valence-electron chi connectivity index (χ2n) is 5.32. The van der Waals surface area contributed by atoms with Gasteiger partial charge >= 0.3 is 0 Å². The van der Waals surface area contributed by atoms with Crippen molar-refractivity contribution in [3.63, 3.8) is 0 Å². The highest BCUT2D eigenvalue weighted by Crippen LogP contribution is 2.26. The molecule has 3 rings (SSSR count). The summed E-state index contributed by atoms with van der Waals surface area (Å²) in [5.41, 5.74) is 2.58. The smallest absolute Gasteiger partial charge is 0.262 e. The molecule has 0 radical (unpaired) electrons. The van der Waals surface area contributed by atoms with Crippen LogP contribution >= 0.6 is 11.3 Å². The van der Waals surface area contributed by atoms with E-state index in [0.29, 0.717) is 17.2 Å². The lowest BCUT2D eigenvalue weighted by molar-refractivity contribution is -0.118. The summed E-state index contributed by atoms with van der Waals surface area (Å²) >= 11 is 1.60. The molecule has 0 saturated heterocycles. The number of nitrogens with one attached hydrogen (secondary N) is 1. The molecule has 0 aliphatic rings. The number of hydrogen-bond acceptors (Lipinski definition) is 5. The van der Waals surface area contributed by atoms with E-state index in [1.54, 1.807) is 30.6 Å². The monoisotopic (exact) mass is 354 g/mol. The Kier molecular flexibility index (Phi) is 5.30. The highest BCUT2D eigenvalue weighted by molar-refractivity contribution is 7.09. The van der Waals surface area contributed by atoms with Gasteiger partial charge in [0.2, 0.25) is 0 Å². The minimum Gasteiger partial charge on any atom is -0.493 e. The minimum absolute atomic E-state index is 0.0968. The number of carbonyl (C=O) groups is 1. The predicted octanol–water partition coefficient (Wildman–Crippen LogP) is 4.14. The van der Waals surface area contributed by atoms with Crippen LogP contribution in [0.3, 0.4) is 0 Å². The van der Waals surface area contributed by atoms with Gasteiger partial charge in [0, 0.05) is 16.6 Å². The molecule has 3 aromatic rings. The topological polar surface area (TPSA) is 60.5 Å². The van der Waals surface area contributed by atoms with Gasteiger partial charge in [0.15, 0.2) is 18.1 Å². The maximum atomic E-state index is 12.1. The lowest BCUT2D eigenvalue weighted by Gasteiger charge is -2.11. The van der Waals surface area contributed by atoms with Crippen LogP contribution in [0, 0.1) is 6.92 Å². The molecule has 128 valence electrons. The molecular weight excluding hydrogens is 336 g/mol. The Bertz CT molecular complexity index is 876. The lowest BCUT2D eigenvalue weighted by atomic mass is 10.1. The quantitative estimate of drug-likeness (QED) is 0.722. The number of rotatable bonds is 6. The normalized spacial score (nSPS) is 10.3. The summed E-state index contributed by atoms with van der Waals surface area (Å²) in [4.78, 5) is 16.6. The number of methoxy groups -OCH3 is 1. The number of benzene rings is 2.